The van der Waals surface area contributed by atoms with Gasteiger partial charge in [0.25, 0.3) is 10.2 Å². The molecule has 0 aliphatic carbocycles. The molecular weight excluding hydrogens is 362 g/mol. The largest absolute Gasteiger partial charge is 0.508 e. The molecule has 1 atom stereocenters. The highest BCUT2D eigenvalue weighted by Crippen LogP contribution is 2.38. The Balaban J connectivity index is 2.12. The van der Waals surface area contributed by atoms with Gasteiger partial charge in [0, 0.05) is 26.2 Å². The van der Waals surface area contributed by atoms with Crippen molar-refractivity contribution in [1.29, 1.82) is 0 Å². The SMILES string of the molecule is CN(C)S(=O)(=O)N1CC(c2cc(F)ccc2F)=CC1c1cccc(O)c1. The first-order valence-electron chi connectivity index (χ1n) is 7.84. The van der Waals surface area contributed by atoms with Crippen LogP contribution in [0.25, 0.3) is 5.57 Å². The number of phenols is 1. The lowest BCUT2D eigenvalue weighted by atomic mass is 10.0. The minimum absolute atomic E-state index is 0.0107. The summed E-state index contributed by atoms with van der Waals surface area (Å²) in [5.74, 6) is -1.25. The monoisotopic (exact) mass is 380 g/mol. The minimum atomic E-state index is -3.83. The molecule has 0 fully saturated rings. The van der Waals surface area contributed by atoms with E-state index in [1.54, 1.807) is 18.2 Å². The summed E-state index contributed by atoms with van der Waals surface area (Å²) >= 11 is 0. The van der Waals surface area contributed by atoms with Gasteiger partial charge in [-0.05, 0) is 41.5 Å². The van der Waals surface area contributed by atoms with Gasteiger partial charge in [0.05, 0.1) is 6.04 Å². The quantitative estimate of drug-likeness (QED) is 0.887. The highest BCUT2D eigenvalue weighted by molar-refractivity contribution is 7.86. The van der Waals surface area contributed by atoms with E-state index in [2.05, 4.69) is 0 Å². The van der Waals surface area contributed by atoms with Gasteiger partial charge in [-0.2, -0.15) is 17.0 Å². The van der Waals surface area contributed by atoms with E-state index < -0.39 is 27.9 Å². The van der Waals surface area contributed by atoms with Crippen molar-refractivity contribution in [2.75, 3.05) is 20.6 Å². The summed E-state index contributed by atoms with van der Waals surface area (Å²) < 4.78 is 55.4. The summed E-state index contributed by atoms with van der Waals surface area (Å²) in [5, 5.41) is 9.73. The average Bonchev–Trinajstić information content (AvgIpc) is 3.03. The van der Waals surface area contributed by atoms with Crippen molar-refractivity contribution in [1.82, 2.24) is 8.61 Å². The Hall–Kier alpha value is -2.29. The van der Waals surface area contributed by atoms with Gasteiger partial charge in [-0.3, -0.25) is 0 Å². The highest BCUT2D eigenvalue weighted by atomic mass is 32.2. The maximum absolute atomic E-state index is 14.2. The van der Waals surface area contributed by atoms with Crippen molar-refractivity contribution < 1.29 is 22.3 Å². The van der Waals surface area contributed by atoms with Crippen molar-refractivity contribution in [2.45, 2.75) is 6.04 Å². The molecule has 3 rings (SSSR count). The fourth-order valence-corrected chi connectivity index (χ4v) is 4.11. The van der Waals surface area contributed by atoms with Crippen LogP contribution in [0.1, 0.15) is 17.2 Å². The van der Waals surface area contributed by atoms with Gasteiger partial charge in [-0.15, -0.1) is 0 Å². The molecule has 5 nitrogen and oxygen atoms in total. The number of benzene rings is 2. The molecule has 1 aliphatic rings. The molecule has 0 radical (unpaired) electrons. The Morgan fingerprint density at radius 1 is 1.15 bits per heavy atom. The van der Waals surface area contributed by atoms with Crippen LogP contribution < -0.4 is 0 Å². The first-order valence-corrected chi connectivity index (χ1v) is 9.24. The van der Waals surface area contributed by atoms with Crippen molar-refractivity contribution in [3.63, 3.8) is 0 Å². The topological polar surface area (TPSA) is 60.9 Å². The minimum Gasteiger partial charge on any atom is -0.508 e. The predicted molar refractivity (Wildman–Crippen MR) is 94.5 cm³/mol. The fraction of sp³-hybridized carbons (Fsp3) is 0.222. The number of halogens is 2. The number of phenolic OH excluding ortho intramolecular Hbond substituents is 1. The summed E-state index contributed by atoms with van der Waals surface area (Å²) in [6.07, 6.45) is 1.58. The summed E-state index contributed by atoms with van der Waals surface area (Å²) in [6, 6.07) is 8.51. The van der Waals surface area contributed by atoms with Gasteiger partial charge in [0.15, 0.2) is 0 Å². The Labute approximate surface area is 151 Å². The lowest BCUT2D eigenvalue weighted by Gasteiger charge is -2.27. The van der Waals surface area contributed by atoms with Crippen LogP contribution in [0.3, 0.4) is 0 Å². The van der Waals surface area contributed by atoms with E-state index in [4.69, 9.17) is 0 Å². The number of nitrogens with zero attached hydrogens (tertiary/aromatic N) is 2. The average molecular weight is 380 g/mol. The lowest BCUT2D eigenvalue weighted by Crippen LogP contribution is -2.40. The molecule has 138 valence electrons. The molecule has 0 amide bonds. The van der Waals surface area contributed by atoms with Crippen LogP contribution in [0.15, 0.2) is 48.5 Å². The number of rotatable bonds is 4. The van der Waals surface area contributed by atoms with Crippen LogP contribution in [0, 0.1) is 11.6 Å². The third-order valence-electron chi connectivity index (χ3n) is 4.24. The van der Waals surface area contributed by atoms with E-state index in [1.165, 1.54) is 30.5 Å². The lowest BCUT2D eigenvalue weighted by molar-refractivity contribution is 0.379. The third kappa shape index (κ3) is 3.35. The Bertz CT molecular complexity index is 974. The predicted octanol–water partition coefficient (Wildman–Crippen LogP) is 2.92. The summed E-state index contributed by atoms with van der Waals surface area (Å²) in [4.78, 5) is 0. The van der Waals surface area contributed by atoms with Crippen molar-refractivity contribution in [2.24, 2.45) is 0 Å². The van der Waals surface area contributed by atoms with Crippen LogP contribution in [-0.4, -0.2) is 42.8 Å². The Morgan fingerprint density at radius 3 is 2.54 bits per heavy atom. The second kappa shape index (κ2) is 6.79. The molecule has 8 heteroatoms. The van der Waals surface area contributed by atoms with E-state index in [0.29, 0.717) is 11.1 Å². The molecule has 1 aliphatic heterocycles. The molecule has 1 heterocycles. The second-order valence-corrected chi connectivity index (χ2v) is 8.29. The molecule has 2 aromatic carbocycles. The van der Waals surface area contributed by atoms with Gasteiger partial charge in [-0.1, -0.05) is 18.2 Å². The van der Waals surface area contributed by atoms with Crippen molar-refractivity contribution in [3.8, 4) is 5.75 Å². The smallest absolute Gasteiger partial charge is 0.282 e. The molecular formula is C18H18F2N2O3S. The fourth-order valence-electron chi connectivity index (χ4n) is 2.92. The normalized spacial score (nSPS) is 18.3. The standard InChI is InChI=1S/C18H18F2N2O3S/c1-21(2)26(24,25)22-11-13(16-10-14(19)6-7-17(16)20)9-18(22)12-4-3-5-15(23)8-12/h3-10,18,23H,11H2,1-2H3. The third-order valence-corrected chi connectivity index (χ3v) is 6.11. The number of hydrogen-bond donors (Lipinski definition) is 1. The van der Waals surface area contributed by atoms with Crippen LogP contribution in [0.5, 0.6) is 5.75 Å². The van der Waals surface area contributed by atoms with Crippen LogP contribution in [-0.2, 0) is 10.2 Å². The molecule has 26 heavy (non-hydrogen) atoms. The molecule has 0 spiro atoms. The summed E-state index contributed by atoms with van der Waals surface area (Å²) in [7, 11) is -1.04. The second-order valence-electron chi connectivity index (χ2n) is 6.19. The Morgan fingerprint density at radius 2 is 1.88 bits per heavy atom. The van der Waals surface area contributed by atoms with E-state index in [9.17, 15) is 22.3 Å². The summed E-state index contributed by atoms with van der Waals surface area (Å²) in [6.45, 7) is -0.110. The van der Waals surface area contributed by atoms with E-state index in [0.717, 1.165) is 22.5 Å². The van der Waals surface area contributed by atoms with Gasteiger partial charge in [0.2, 0.25) is 0 Å². The van der Waals surface area contributed by atoms with Gasteiger partial charge in [-0.25, -0.2) is 8.78 Å². The first kappa shape index (κ1) is 18.5. The van der Waals surface area contributed by atoms with Crippen LogP contribution in [0.4, 0.5) is 8.78 Å². The van der Waals surface area contributed by atoms with E-state index in [-0.39, 0.29) is 17.9 Å². The maximum Gasteiger partial charge on any atom is 0.282 e. The first-order chi connectivity index (χ1) is 12.2. The van der Waals surface area contributed by atoms with Crippen LogP contribution >= 0.6 is 0 Å². The van der Waals surface area contributed by atoms with Gasteiger partial charge < -0.3 is 5.11 Å². The molecule has 0 saturated carbocycles. The zero-order chi connectivity index (χ0) is 19.1. The van der Waals surface area contributed by atoms with Crippen LogP contribution in [0.2, 0.25) is 0 Å². The Kier molecular flexibility index (Phi) is 4.83. The zero-order valence-electron chi connectivity index (χ0n) is 14.2. The molecule has 0 bridgehead atoms. The van der Waals surface area contributed by atoms with E-state index in [1.807, 2.05) is 0 Å². The molecule has 1 N–H and O–H groups in total. The number of hydrogen-bond acceptors (Lipinski definition) is 3. The van der Waals surface area contributed by atoms with Crippen molar-refractivity contribution in [3.05, 3.63) is 71.3 Å². The molecule has 0 saturated heterocycles. The highest BCUT2D eigenvalue weighted by Gasteiger charge is 2.37. The number of aromatic hydroxyl groups is 1. The molecule has 0 aromatic heterocycles. The van der Waals surface area contributed by atoms with Crippen molar-refractivity contribution >= 4 is 15.8 Å². The van der Waals surface area contributed by atoms with Gasteiger partial charge >= 0.3 is 0 Å². The van der Waals surface area contributed by atoms with E-state index >= 15 is 0 Å². The zero-order valence-corrected chi connectivity index (χ0v) is 15.0. The van der Waals surface area contributed by atoms with Gasteiger partial charge in [0.1, 0.15) is 17.4 Å². The maximum atomic E-state index is 14.2. The summed E-state index contributed by atoms with van der Waals surface area (Å²) in [5.41, 5.74) is 0.912. The molecule has 1 unspecified atom stereocenters. The molecule has 2 aromatic rings.